The second-order valence-electron chi connectivity index (χ2n) is 7.74. The van der Waals surface area contributed by atoms with Gasteiger partial charge in [-0.05, 0) is 63.6 Å². The summed E-state index contributed by atoms with van der Waals surface area (Å²) in [6, 6.07) is 10.8. The van der Waals surface area contributed by atoms with Crippen LogP contribution in [-0.2, 0) is 16.0 Å². The van der Waals surface area contributed by atoms with E-state index in [2.05, 4.69) is 34.2 Å². The zero-order chi connectivity index (χ0) is 19.8. The number of piperidine rings is 2. The second kappa shape index (κ2) is 10.3. The van der Waals surface area contributed by atoms with Crippen molar-refractivity contribution < 1.29 is 9.59 Å². The maximum absolute atomic E-state index is 12.5. The van der Waals surface area contributed by atoms with Crippen LogP contribution in [0.4, 0.5) is 0 Å². The summed E-state index contributed by atoms with van der Waals surface area (Å²) in [4.78, 5) is 28.7. The number of hydrogen-bond donors (Lipinski definition) is 1. The zero-order valence-corrected chi connectivity index (χ0v) is 16.8. The molecule has 28 heavy (non-hydrogen) atoms. The summed E-state index contributed by atoms with van der Waals surface area (Å²) in [5.74, 6) is 5.61. The molecule has 0 unspecified atom stereocenters. The fourth-order valence-electron chi connectivity index (χ4n) is 4.27. The standard InChI is InChI=1S/C23H31N3O2/c1-2-6-22(27)26-17-12-21(13-18-26)25-15-10-20(11-16-25)23(28)24-14-9-19-7-4-3-5-8-19/h3-5,7-8,20-21H,9-18H2,1H3,(H,24,28). The Morgan fingerprint density at radius 2 is 1.71 bits per heavy atom. The first-order chi connectivity index (χ1) is 13.7. The Morgan fingerprint density at radius 1 is 1.04 bits per heavy atom. The van der Waals surface area contributed by atoms with Crippen molar-refractivity contribution in [2.24, 2.45) is 5.92 Å². The van der Waals surface area contributed by atoms with Crippen LogP contribution < -0.4 is 5.32 Å². The Bertz CT molecular complexity index is 706. The molecular weight excluding hydrogens is 350 g/mol. The number of likely N-dealkylation sites (tertiary alicyclic amines) is 2. The summed E-state index contributed by atoms with van der Waals surface area (Å²) < 4.78 is 0. The third-order valence-electron chi connectivity index (χ3n) is 5.96. The first kappa shape index (κ1) is 20.4. The SMILES string of the molecule is CC#CC(=O)N1CCC(N2CCC(C(=O)NCCc3ccccc3)CC2)CC1. The number of carbonyl (C=O) groups is 2. The average molecular weight is 382 g/mol. The lowest BCUT2D eigenvalue weighted by molar-refractivity contribution is -0.128. The number of amides is 2. The van der Waals surface area contributed by atoms with E-state index in [0.717, 1.165) is 58.3 Å². The van der Waals surface area contributed by atoms with E-state index in [1.54, 1.807) is 6.92 Å². The first-order valence-electron chi connectivity index (χ1n) is 10.4. The van der Waals surface area contributed by atoms with Crippen LogP contribution in [0, 0.1) is 17.8 Å². The Morgan fingerprint density at radius 3 is 2.36 bits per heavy atom. The van der Waals surface area contributed by atoms with Crippen molar-refractivity contribution in [3.8, 4) is 11.8 Å². The van der Waals surface area contributed by atoms with E-state index in [1.165, 1.54) is 5.56 Å². The number of nitrogens with one attached hydrogen (secondary N) is 1. The lowest BCUT2D eigenvalue weighted by Gasteiger charge is -2.41. The number of rotatable bonds is 5. The third kappa shape index (κ3) is 5.59. The Kier molecular flexibility index (Phi) is 7.50. The minimum atomic E-state index is -0.0492. The van der Waals surface area contributed by atoms with E-state index < -0.39 is 0 Å². The molecule has 0 saturated carbocycles. The number of carbonyl (C=O) groups excluding carboxylic acids is 2. The van der Waals surface area contributed by atoms with Crippen molar-refractivity contribution >= 4 is 11.8 Å². The fraction of sp³-hybridized carbons (Fsp3) is 0.565. The average Bonchev–Trinajstić information content (AvgIpc) is 2.75. The molecule has 1 aromatic rings. The van der Waals surface area contributed by atoms with Gasteiger partial charge in [0.25, 0.3) is 5.91 Å². The minimum absolute atomic E-state index is 0.0492. The van der Waals surface area contributed by atoms with Gasteiger partial charge >= 0.3 is 0 Å². The van der Waals surface area contributed by atoms with Gasteiger partial charge < -0.3 is 15.1 Å². The van der Waals surface area contributed by atoms with Crippen molar-refractivity contribution in [3.05, 3.63) is 35.9 Å². The van der Waals surface area contributed by atoms with E-state index in [9.17, 15) is 9.59 Å². The van der Waals surface area contributed by atoms with Crippen LogP contribution in [0.25, 0.3) is 0 Å². The summed E-state index contributed by atoms with van der Waals surface area (Å²) in [6.45, 7) is 5.94. The minimum Gasteiger partial charge on any atom is -0.356 e. The fourth-order valence-corrected chi connectivity index (χ4v) is 4.27. The van der Waals surface area contributed by atoms with Crippen LogP contribution >= 0.6 is 0 Å². The lowest BCUT2D eigenvalue weighted by atomic mass is 9.92. The van der Waals surface area contributed by atoms with Crippen LogP contribution in [-0.4, -0.2) is 60.4 Å². The molecule has 0 aliphatic carbocycles. The summed E-state index contributed by atoms with van der Waals surface area (Å²) in [5.41, 5.74) is 1.26. The van der Waals surface area contributed by atoms with E-state index >= 15 is 0 Å². The maximum atomic E-state index is 12.5. The molecule has 1 N–H and O–H groups in total. The zero-order valence-electron chi connectivity index (χ0n) is 16.8. The number of benzene rings is 1. The highest BCUT2D eigenvalue weighted by atomic mass is 16.2. The molecule has 3 rings (SSSR count). The first-order valence-corrected chi connectivity index (χ1v) is 10.4. The molecule has 2 aliphatic rings. The van der Waals surface area contributed by atoms with Gasteiger partial charge in [0.05, 0.1) is 0 Å². The van der Waals surface area contributed by atoms with Crippen LogP contribution in [0.5, 0.6) is 0 Å². The molecular formula is C23H31N3O2. The number of hydrogen-bond acceptors (Lipinski definition) is 3. The van der Waals surface area contributed by atoms with Crippen LogP contribution in [0.1, 0.15) is 38.2 Å². The van der Waals surface area contributed by atoms with Crippen LogP contribution in [0.15, 0.2) is 30.3 Å². The molecule has 1 aromatic carbocycles. The summed E-state index contributed by atoms with van der Waals surface area (Å²) in [5, 5.41) is 3.11. The van der Waals surface area contributed by atoms with Crippen molar-refractivity contribution in [2.45, 2.75) is 45.1 Å². The maximum Gasteiger partial charge on any atom is 0.298 e. The van der Waals surface area contributed by atoms with Gasteiger partial charge in [0.2, 0.25) is 5.91 Å². The van der Waals surface area contributed by atoms with E-state index in [1.807, 2.05) is 23.1 Å². The van der Waals surface area contributed by atoms with Gasteiger partial charge in [-0.2, -0.15) is 0 Å². The molecule has 5 nitrogen and oxygen atoms in total. The molecule has 2 saturated heterocycles. The van der Waals surface area contributed by atoms with E-state index in [0.29, 0.717) is 12.6 Å². The van der Waals surface area contributed by atoms with Gasteiger partial charge in [-0.15, -0.1) is 0 Å². The molecule has 0 radical (unpaired) electrons. The predicted octanol–water partition coefficient (Wildman–Crippen LogP) is 2.07. The van der Waals surface area contributed by atoms with Crippen molar-refractivity contribution in [3.63, 3.8) is 0 Å². The van der Waals surface area contributed by atoms with E-state index in [4.69, 9.17) is 0 Å². The van der Waals surface area contributed by atoms with Gasteiger partial charge in [0, 0.05) is 31.6 Å². The highest BCUT2D eigenvalue weighted by molar-refractivity contribution is 5.93. The normalized spacial score (nSPS) is 19.0. The smallest absolute Gasteiger partial charge is 0.298 e. The Hall–Kier alpha value is -2.32. The third-order valence-corrected chi connectivity index (χ3v) is 5.96. The van der Waals surface area contributed by atoms with Crippen molar-refractivity contribution in [2.75, 3.05) is 32.7 Å². The van der Waals surface area contributed by atoms with Crippen molar-refractivity contribution in [1.82, 2.24) is 15.1 Å². The molecule has 0 atom stereocenters. The molecule has 0 aromatic heterocycles. The van der Waals surface area contributed by atoms with E-state index in [-0.39, 0.29) is 17.7 Å². The molecule has 2 heterocycles. The molecule has 150 valence electrons. The monoisotopic (exact) mass is 381 g/mol. The topological polar surface area (TPSA) is 52.7 Å². The lowest BCUT2D eigenvalue weighted by Crippen LogP contribution is -2.50. The molecule has 2 fully saturated rings. The summed E-state index contributed by atoms with van der Waals surface area (Å²) in [6.07, 6.45) is 4.75. The molecule has 5 heteroatoms. The Labute approximate surface area is 168 Å². The summed E-state index contributed by atoms with van der Waals surface area (Å²) in [7, 11) is 0. The van der Waals surface area contributed by atoms with Gasteiger partial charge in [0.1, 0.15) is 0 Å². The van der Waals surface area contributed by atoms with Gasteiger partial charge in [-0.25, -0.2) is 0 Å². The van der Waals surface area contributed by atoms with Crippen molar-refractivity contribution in [1.29, 1.82) is 0 Å². The van der Waals surface area contributed by atoms with Gasteiger partial charge in [-0.1, -0.05) is 36.3 Å². The summed E-state index contributed by atoms with van der Waals surface area (Å²) >= 11 is 0. The Balaban J connectivity index is 1.35. The predicted molar refractivity (Wildman–Crippen MR) is 111 cm³/mol. The highest BCUT2D eigenvalue weighted by Gasteiger charge is 2.31. The van der Waals surface area contributed by atoms with Crippen LogP contribution in [0.3, 0.4) is 0 Å². The van der Waals surface area contributed by atoms with Gasteiger partial charge in [0.15, 0.2) is 0 Å². The molecule has 0 bridgehead atoms. The molecule has 2 aliphatic heterocycles. The largest absolute Gasteiger partial charge is 0.356 e. The second-order valence-corrected chi connectivity index (χ2v) is 7.74. The molecule has 2 amide bonds. The number of nitrogens with zero attached hydrogens (tertiary/aromatic N) is 2. The highest BCUT2D eigenvalue weighted by Crippen LogP contribution is 2.24. The molecule has 0 spiro atoms. The van der Waals surface area contributed by atoms with Crippen LogP contribution in [0.2, 0.25) is 0 Å². The quantitative estimate of drug-likeness (QED) is 0.795. The van der Waals surface area contributed by atoms with Gasteiger partial charge in [-0.3, -0.25) is 9.59 Å².